The predicted molar refractivity (Wildman–Crippen MR) is 132 cm³/mol. The van der Waals surface area contributed by atoms with E-state index in [0.29, 0.717) is 46.9 Å². The molecule has 0 aliphatic carbocycles. The summed E-state index contributed by atoms with van der Waals surface area (Å²) in [5.74, 6) is 0.487. The molecular weight excluding hydrogens is 478 g/mol. The Morgan fingerprint density at radius 1 is 1.06 bits per heavy atom. The fourth-order valence-corrected chi connectivity index (χ4v) is 5.18. The molecule has 12 heteroatoms. The van der Waals surface area contributed by atoms with Gasteiger partial charge in [0.05, 0.1) is 16.8 Å². The minimum Gasteiger partial charge on any atom is -0.367 e. The highest BCUT2D eigenvalue weighted by atomic mass is 35.5. The molecule has 0 bridgehead atoms. The molecule has 10 nitrogen and oxygen atoms in total. The lowest BCUT2D eigenvalue weighted by Gasteiger charge is -2.34. The Balaban J connectivity index is 1.52. The Hall–Kier alpha value is -2.99. The molecule has 3 N–H and O–H groups in total. The van der Waals surface area contributed by atoms with E-state index in [4.69, 9.17) is 21.7 Å². The van der Waals surface area contributed by atoms with E-state index >= 15 is 0 Å². The molecule has 0 spiro atoms. The third kappa shape index (κ3) is 4.27. The Morgan fingerprint density at radius 3 is 2.50 bits per heavy atom. The summed E-state index contributed by atoms with van der Waals surface area (Å²) in [7, 11) is -3.75. The summed E-state index contributed by atoms with van der Waals surface area (Å²) < 4.78 is 26.5. The molecule has 1 fully saturated rings. The smallest absolute Gasteiger partial charge is 0.277 e. The maximum absolute atomic E-state index is 12.9. The average molecular weight is 502 g/mol. The minimum atomic E-state index is -3.75. The molecule has 4 aromatic rings. The molecular formula is C22H24ClN7O3S. The molecule has 0 radical (unpaired) electrons. The lowest BCUT2D eigenvalue weighted by atomic mass is 10.1. The van der Waals surface area contributed by atoms with Crippen molar-refractivity contribution in [3.05, 3.63) is 68.6 Å². The summed E-state index contributed by atoms with van der Waals surface area (Å²) >= 11 is 6.31. The number of pyridine rings is 1. The molecule has 5 rings (SSSR count). The first-order chi connectivity index (χ1) is 16.1. The zero-order valence-electron chi connectivity index (χ0n) is 18.7. The standard InChI is InChI=1S/C22H24ClN7O3S/c1-13-7-20-25-16(12-29(20)11-14(13)2)10-19-26-21-17(22(31)27-19)8-15(23)9-18(21)28-3-5-30(6-4-28)34(24,32)33/h7-9,11-12H,3-6,10H2,1-2H3,(H2,24,32,33)(H,26,27,31). The highest BCUT2D eigenvalue weighted by molar-refractivity contribution is 7.86. The summed E-state index contributed by atoms with van der Waals surface area (Å²) in [5.41, 5.74) is 4.85. The summed E-state index contributed by atoms with van der Waals surface area (Å²) in [4.78, 5) is 27.2. The van der Waals surface area contributed by atoms with Crippen molar-refractivity contribution < 1.29 is 8.42 Å². The lowest BCUT2D eigenvalue weighted by molar-refractivity contribution is 0.386. The largest absolute Gasteiger partial charge is 0.367 e. The van der Waals surface area contributed by atoms with Crippen molar-refractivity contribution in [1.82, 2.24) is 23.7 Å². The van der Waals surface area contributed by atoms with E-state index in [-0.39, 0.29) is 18.6 Å². The number of H-pyrrole nitrogens is 1. The Bertz CT molecular complexity index is 1550. The van der Waals surface area contributed by atoms with Gasteiger partial charge in [-0.15, -0.1) is 0 Å². The van der Waals surface area contributed by atoms with Crippen molar-refractivity contribution >= 4 is 44.0 Å². The third-order valence-electron chi connectivity index (χ3n) is 6.20. The van der Waals surface area contributed by atoms with Gasteiger partial charge in [0.1, 0.15) is 17.0 Å². The molecule has 0 unspecified atom stereocenters. The molecule has 0 saturated carbocycles. The van der Waals surface area contributed by atoms with Crippen LogP contribution in [0.4, 0.5) is 5.69 Å². The Morgan fingerprint density at radius 2 is 1.79 bits per heavy atom. The van der Waals surface area contributed by atoms with Crippen LogP contribution in [0.25, 0.3) is 16.6 Å². The molecule has 0 amide bonds. The van der Waals surface area contributed by atoms with Crippen LogP contribution in [0.5, 0.6) is 0 Å². The van der Waals surface area contributed by atoms with Gasteiger partial charge in [0.15, 0.2) is 0 Å². The van der Waals surface area contributed by atoms with Crippen molar-refractivity contribution in [2.75, 3.05) is 31.1 Å². The fraction of sp³-hybridized carbons (Fsp3) is 0.318. The van der Waals surface area contributed by atoms with E-state index in [0.717, 1.165) is 22.5 Å². The molecule has 3 aromatic heterocycles. The van der Waals surface area contributed by atoms with Crippen molar-refractivity contribution in [3.63, 3.8) is 0 Å². The van der Waals surface area contributed by atoms with E-state index in [2.05, 4.69) is 9.97 Å². The molecule has 4 heterocycles. The van der Waals surface area contributed by atoms with E-state index in [1.807, 2.05) is 41.6 Å². The predicted octanol–water partition coefficient (Wildman–Crippen LogP) is 1.76. The second-order valence-corrected chi connectivity index (χ2v) is 10.6. The van der Waals surface area contributed by atoms with Crippen molar-refractivity contribution in [3.8, 4) is 0 Å². The summed E-state index contributed by atoms with van der Waals surface area (Å²) in [5, 5.41) is 6.04. The van der Waals surface area contributed by atoms with Gasteiger partial charge in [-0.2, -0.15) is 12.7 Å². The van der Waals surface area contributed by atoms with Crippen molar-refractivity contribution in [1.29, 1.82) is 0 Å². The number of hydrogen-bond donors (Lipinski definition) is 2. The fourth-order valence-electron chi connectivity index (χ4n) is 4.29. The van der Waals surface area contributed by atoms with Gasteiger partial charge in [-0.3, -0.25) is 4.79 Å². The van der Waals surface area contributed by atoms with Crippen LogP contribution >= 0.6 is 11.6 Å². The maximum atomic E-state index is 12.9. The third-order valence-corrected chi connectivity index (χ3v) is 7.51. The number of halogens is 1. The number of nitrogens with zero attached hydrogens (tertiary/aromatic N) is 5. The normalized spacial score (nSPS) is 15.5. The molecule has 1 aliphatic rings. The highest BCUT2D eigenvalue weighted by Gasteiger charge is 2.26. The van der Waals surface area contributed by atoms with Gasteiger partial charge < -0.3 is 14.3 Å². The van der Waals surface area contributed by atoms with E-state index in [1.165, 1.54) is 4.31 Å². The zero-order valence-corrected chi connectivity index (χ0v) is 20.3. The van der Waals surface area contributed by atoms with Crippen LogP contribution in [-0.4, -0.2) is 58.3 Å². The number of aromatic amines is 1. The van der Waals surface area contributed by atoms with E-state index in [1.54, 1.807) is 12.1 Å². The molecule has 34 heavy (non-hydrogen) atoms. The highest BCUT2D eigenvalue weighted by Crippen LogP contribution is 2.29. The van der Waals surface area contributed by atoms with Gasteiger partial charge in [0.2, 0.25) is 0 Å². The Kier molecular flexibility index (Phi) is 5.59. The van der Waals surface area contributed by atoms with Crippen LogP contribution in [0.15, 0.2) is 35.4 Å². The van der Waals surface area contributed by atoms with Crippen LogP contribution in [0.1, 0.15) is 22.6 Å². The first-order valence-corrected chi connectivity index (χ1v) is 12.7. The van der Waals surface area contributed by atoms with Crippen LogP contribution in [0.3, 0.4) is 0 Å². The van der Waals surface area contributed by atoms with E-state index < -0.39 is 10.2 Å². The number of imidazole rings is 1. The second kappa shape index (κ2) is 8.35. The first kappa shape index (κ1) is 22.8. The number of benzene rings is 1. The Labute approximate surface area is 201 Å². The molecule has 178 valence electrons. The van der Waals surface area contributed by atoms with Gasteiger partial charge in [0.25, 0.3) is 15.8 Å². The topological polar surface area (TPSA) is 130 Å². The molecule has 1 aromatic carbocycles. The monoisotopic (exact) mass is 501 g/mol. The van der Waals surface area contributed by atoms with Gasteiger partial charge >= 0.3 is 0 Å². The van der Waals surface area contributed by atoms with Crippen LogP contribution in [0, 0.1) is 13.8 Å². The lowest BCUT2D eigenvalue weighted by Crippen LogP contribution is -2.50. The summed E-state index contributed by atoms with van der Waals surface area (Å²) in [6.07, 6.45) is 4.31. The minimum absolute atomic E-state index is 0.239. The van der Waals surface area contributed by atoms with Gasteiger partial charge in [-0.05, 0) is 43.2 Å². The SMILES string of the molecule is Cc1cc2nc(Cc3nc4c(N5CCN(S(N)(=O)=O)CC5)cc(Cl)cc4c(=O)[nH]3)cn2cc1C. The molecule has 0 atom stereocenters. The maximum Gasteiger partial charge on any atom is 0.277 e. The summed E-state index contributed by atoms with van der Waals surface area (Å²) in [6.45, 7) is 5.38. The number of piperazine rings is 1. The number of nitrogens with one attached hydrogen (secondary N) is 1. The number of rotatable bonds is 4. The quantitative estimate of drug-likeness (QED) is 0.438. The average Bonchev–Trinajstić information content (AvgIpc) is 3.14. The van der Waals surface area contributed by atoms with Crippen LogP contribution < -0.4 is 15.6 Å². The summed E-state index contributed by atoms with van der Waals surface area (Å²) in [6, 6.07) is 5.37. The first-order valence-electron chi connectivity index (χ1n) is 10.8. The number of aryl methyl sites for hydroxylation is 2. The van der Waals surface area contributed by atoms with Crippen LogP contribution in [-0.2, 0) is 16.6 Å². The van der Waals surface area contributed by atoms with E-state index in [9.17, 15) is 13.2 Å². The van der Waals surface area contributed by atoms with Crippen LogP contribution in [0.2, 0.25) is 5.02 Å². The van der Waals surface area contributed by atoms with Gasteiger partial charge in [-0.1, -0.05) is 11.6 Å². The number of fused-ring (bicyclic) bond motifs is 2. The molecule has 1 aliphatic heterocycles. The number of nitrogens with two attached hydrogens (primary N) is 1. The number of hydrogen-bond acceptors (Lipinski definition) is 6. The zero-order chi connectivity index (χ0) is 24.2. The second-order valence-electron chi connectivity index (χ2n) is 8.58. The number of aromatic nitrogens is 4. The van der Waals surface area contributed by atoms with Crippen molar-refractivity contribution in [2.45, 2.75) is 20.3 Å². The van der Waals surface area contributed by atoms with Gasteiger partial charge in [0, 0.05) is 50.0 Å². The van der Waals surface area contributed by atoms with Crippen molar-refractivity contribution in [2.24, 2.45) is 5.14 Å². The molecule has 1 saturated heterocycles. The van der Waals surface area contributed by atoms with Gasteiger partial charge in [-0.25, -0.2) is 15.1 Å². The number of anilines is 1.